The SMILES string of the molecule is CCNC(=O)c1ccccc1C(=O)NCC. The smallest absolute Gasteiger partial charge is 0.252 e. The first-order valence-electron chi connectivity index (χ1n) is 5.36. The Morgan fingerprint density at radius 2 is 1.31 bits per heavy atom. The van der Waals surface area contributed by atoms with Crippen molar-refractivity contribution in [3.8, 4) is 0 Å². The van der Waals surface area contributed by atoms with E-state index < -0.39 is 0 Å². The molecule has 0 heterocycles. The molecular weight excluding hydrogens is 204 g/mol. The van der Waals surface area contributed by atoms with E-state index in [4.69, 9.17) is 0 Å². The fourth-order valence-corrected chi connectivity index (χ4v) is 1.39. The molecule has 0 aliphatic heterocycles. The summed E-state index contributed by atoms with van der Waals surface area (Å²) in [6.45, 7) is 4.77. The molecule has 1 aromatic rings. The molecule has 0 aliphatic carbocycles. The third kappa shape index (κ3) is 2.82. The minimum atomic E-state index is -0.218. The maximum atomic E-state index is 11.7. The van der Waals surface area contributed by atoms with Gasteiger partial charge in [-0.25, -0.2) is 0 Å². The van der Waals surface area contributed by atoms with Crippen molar-refractivity contribution in [2.24, 2.45) is 0 Å². The highest BCUT2D eigenvalue weighted by atomic mass is 16.2. The molecule has 1 rings (SSSR count). The average Bonchev–Trinajstić information content (AvgIpc) is 2.30. The first-order valence-corrected chi connectivity index (χ1v) is 5.36. The third-order valence-electron chi connectivity index (χ3n) is 2.09. The Bertz CT molecular complexity index is 351. The number of nitrogens with one attached hydrogen (secondary N) is 2. The van der Waals surface area contributed by atoms with Gasteiger partial charge in [-0.2, -0.15) is 0 Å². The lowest BCUT2D eigenvalue weighted by molar-refractivity contribution is 0.0921. The number of benzene rings is 1. The molecule has 0 bridgehead atoms. The summed E-state index contributed by atoms with van der Waals surface area (Å²) in [5.41, 5.74) is 0.825. The molecular formula is C12H16N2O2. The lowest BCUT2D eigenvalue weighted by atomic mass is 10.1. The second-order valence-corrected chi connectivity index (χ2v) is 3.26. The molecule has 0 fully saturated rings. The van der Waals surface area contributed by atoms with E-state index in [2.05, 4.69) is 10.6 Å². The van der Waals surface area contributed by atoms with Crippen molar-refractivity contribution in [2.45, 2.75) is 13.8 Å². The number of hydrogen-bond donors (Lipinski definition) is 2. The van der Waals surface area contributed by atoms with Crippen LogP contribution in [-0.4, -0.2) is 24.9 Å². The fourth-order valence-electron chi connectivity index (χ4n) is 1.39. The molecule has 0 spiro atoms. The Balaban J connectivity index is 3.00. The zero-order valence-corrected chi connectivity index (χ0v) is 9.54. The summed E-state index contributed by atoms with van der Waals surface area (Å²) >= 11 is 0. The molecule has 0 unspecified atom stereocenters. The highest BCUT2D eigenvalue weighted by Crippen LogP contribution is 2.08. The summed E-state index contributed by atoms with van der Waals surface area (Å²) in [4.78, 5) is 23.4. The van der Waals surface area contributed by atoms with Gasteiger partial charge in [-0.3, -0.25) is 9.59 Å². The minimum Gasteiger partial charge on any atom is -0.352 e. The van der Waals surface area contributed by atoms with Crippen LogP contribution in [0, 0.1) is 0 Å². The topological polar surface area (TPSA) is 58.2 Å². The molecule has 0 saturated heterocycles. The van der Waals surface area contributed by atoms with E-state index in [-0.39, 0.29) is 11.8 Å². The van der Waals surface area contributed by atoms with Gasteiger partial charge in [-0.15, -0.1) is 0 Å². The lowest BCUT2D eigenvalue weighted by Crippen LogP contribution is -2.29. The van der Waals surface area contributed by atoms with Gasteiger partial charge < -0.3 is 10.6 Å². The second kappa shape index (κ2) is 5.90. The standard InChI is InChI=1S/C12H16N2O2/c1-3-13-11(15)9-7-5-6-8-10(9)12(16)14-4-2/h5-8H,3-4H2,1-2H3,(H,13,15)(H,14,16). The maximum Gasteiger partial charge on any atom is 0.252 e. The first-order chi connectivity index (χ1) is 7.70. The van der Waals surface area contributed by atoms with Crippen molar-refractivity contribution >= 4 is 11.8 Å². The second-order valence-electron chi connectivity index (χ2n) is 3.26. The van der Waals surface area contributed by atoms with Crippen molar-refractivity contribution in [1.29, 1.82) is 0 Å². The van der Waals surface area contributed by atoms with Crippen LogP contribution in [-0.2, 0) is 0 Å². The highest BCUT2D eigenvalue weighted by molar-refractivity contribution is 6.07. The molecule has 16 heavy (non-hydrogen) atoms. The quantitative estimate of drug-likeness (QED) is 0.800. The number of rotatable bonds is 4. The Kier molecular flexibility index (Phi) is 4.51. The van der Waals surface area contributed by atoms with Crippen LogP contribution in [0.1, 0.15) is 34.6 Å². The van der Waals surface area contributed by atoms with Gasteiger partial charge in [0.1, 0.15) is 0 Å². The summed E-state index contributed by atoms with van der Waals surface area (Å²) < 4.78 is 0. The van der Waals surface area contributed by atoms with E-state index in [1.807, 2.05) is 13.8 Å². The first kappa shape index (κ1) is 12.2. The fraction of sp³-hybridized carbons (Fsp3) is 0.333. The summed E-state index contributed by atoms with van der Waals surface area (Å²) in [6, 6.07) is 6.78. The Morgan fingerprint density at radius 3 is 1.62 bits per heavy atom. The zero-order chi connectivity index (χ0) is 12.0. The van der Waals surface area contributed by atoms with Gasteiger partial charge in [0.25, 0.3) is 11.8 Å². The van der Waals surface area contributed by atoms with E-state index in [1.54, 1.807) is 24.3 Å². The van der Waals surface area contributed by atoms with Crippen molar-refractivity contribution < 1.29 is 9.59 Å². The molecule has 2 N–H and O–H groups in total. The van der Waals surface area contributed by atoms with Crippen LogP contribution in [0.15, 0.2) is 24.3 Å². The summed E-state index contributed by atoms with van der Waals surface area (Å²) in [5, 5.41) is 5.36. The van der Waals surface area contributed by atoms with Crippen LogP contribution in [0.3, 0.4) is 0 Å². The van der Waals surface area contributed by atoms with Crippen molar-refractivity contribution in [1.82, 2.24) is 10.6 Å². The van der Waals surface area contributed by atoms with Crippen LogP contribution in [0.25, 0.3) is 0 Å². The normalized spacial score (nSPS) is 9.62. The van der Waals surface area contributed by atoms with Crippen LogP contribution < -0.4 is 10.6 Å². The van der Waals surface area contributed by atoms with Gasteiger partial charge in [0.15, 0.2) is 0 Å². The Morgan fingerprint density at radius 1 is 0.938 bits per heavy atom. The van der Waals surface area contributed by atoms with Gasteiger partial charge in [-0.05, 0) is 26.0 Å². The van der Waals surface area contributed by atoms with Crippen LogP contribution >= 0.6 is 0 Å². The molecule has 0 saturated carbocycles. The number of carbonyl (C=O) groups is 2. The number of amides is 2. The van der Waals surface area contributed by atoms with E-state index in [1.165, 1.54) is 0 Å². The predicted octanol–water partition coefficient (Wildman–Crippen LogP) is 1.19. The summed E-state index contributed by atoms with van der Waals surface area (Å²) in [5.74, 6) is -0.436. The monoisotopic (exact) mass is 220 g/mol. The Hall–Kier alpha value is -1.84. The minimum absolute atomic E-state index is 0.218. The molecule has 2 amide bonds. The summed E-state index contributed by atoms with van der Waals surface area (Å²) in [6.07, 6.45) is 0. The molecule has 1 aromatic carbocycles. The van der Waals surface area contributed by atoms with Gasteiger partial charge in [0.05, 0.1) is 11.1 Å². The van der Waals surface area contributed by atoms with E-state index in [0.717, 1.165) is 0 Å². The molecule has 0 radical (unpaired) electrons. The van der Waals surface area contributed by atoms with Gasteiger partial charge in [0.2, 0.25) is 0 Å². The van der Waals surface area contributed by atoms with Crippen LogP contribution in [0.2, 0.25) is 0 Å². The van der Waals surface area contributed by atoms with E-state index in [0.29, 0.717) is 24.2 Å². The molecule has 0 atom stereocenters. The average molecular weight is 220 g/mol. The number of carbonyl (C=O) groups excluding carboxylic acids is 2. The van der Waals surface area contributed by atoms with Crippen molar-refractivity contribution in [2.75, 3.05) is 13.1 Å². The molecule has 0 aromatic heterocycles. The zero-order valence-electron chi connectivity index (χ0n) is 9.54. The third-order valence-corrected chi connectivity index (χ3v) is 2.09. The van der Waals surface area contributed by atoms with Crippen LogP contribution in [0.4, 0.5) is 0 Å². The van der Waals surface area contributed by atoms with Gasteiger partial charge in [-0.1, -0.05) is 12.1 Å². The van der Waals surface area contributed by atoms with E-state index >= 15 is 0 Å². The maximum absolute atomic E-state index is 11.7. The largest absolute Gasteiger partial charge is 0.352 e. The molecule has 4 nitrogen and oxygen atoms in total. The van der Waals surface area contributed by atoms with Gasteiger partial charge >= 0.3 is 0 Å². The van der Waals surface area contributed by atoms with Crippen molar-refractivity contribution in [3.63, 3.8) is 0 Å². The Labute approximate surface area is 95.0 Å². The van der Waals surface area contributed by atoms with Crippen LogP contribution in [0.5, 0.6) is 0 Å². The van der Waals surface area contributed by atoms with Gasteiger partial charge in [0, 0.05) is 13.1 Å². The summed E-state index contributed by atoms with van der Waals surface area (Å²) in [7, 11) is 0. The van der Waals surface area contributed by atoms with E-state index in [9.17, 15) is 9.59 Å². The van der Waals surface area contributed by atoms with Crippen molar-refractivity contribution in [3.05, 3.63) is 35.4 Å². The molecule has 0 aliphatic rings. The molecule has 86 valence electrons. The lowest BCUT2D eigenvalue weighted by Gasteiger charge is -2.08. The predicted molar refractivity (Wildman–Crippen MR) is 62.5 cm³/mol. The molecule has 4 heteroatoms. The number of hydrogen-bond acceptors (Lipinski definition) is 2. The highest BCUT2D eigenvalue weighted by Gasteiger charge is 2.14.